The molecular formula is C17H19N3O6S. The van der Waals surface area contributed by atoms with E-state index in [-0.39, 0.29) is 5.88 Å². The Kier molecular flexibility index (Phi) is 5.75. The zero-order valence-corrected chi connectivity index (χ0v) is 15.5. The van der Waals surface area contributed by atoms with Gasteiger partial charge in [-0.15, -0.1) is 11.3 Å². The maximum absolute atomic E-state index is 12.1. The minimum atomic E-state index is -0.730. The minimum absolute atomic E-state index is 0.157. The van der Waals surface area contributed by atoms with Gasteiger partial charge < -0.3 is 25.0 Å². The average Bonchev–Trinajstić information content (AvgIpc) is 3.20. The second kappa shape index (κ2) is 8.21. The molecule has 0 aromatic carbocycles. The number of ether oxygens (including phenoxy) is 2. The summed E-state index contributed by atoms with van der Waals surface area (Å²) in [6.45, 7) is 0.783. The third-order valence-corrected chi connectivity index (χ3v) is 5.19. The molecule has 0 bridgehead atoms. The number of carbonyl (C=O) groups is 3. The highest BCUT2D eigenvalue weighted by atomic mass is 32.1. The average molecular weight is 393 g/mol. The Hall–Kier alpha value is -2.88. The molecule has 0 fully saturated rings. The fraction of sp³-hybridized carbons (Fsp3) is 0.412. The van der Waals surface area contributed by atoms with Crippen molar-refractivity contribution in [2.45, 2.75) is 32.6 Å². The number of hydrogen-bond donors (Lipinski definition) is 2. The van der Waals surface area contributed by atoms with Crippen LogP contribution in [0.2, 0.25) is 0 Å². The molecule has 2 heterocycles. The first-order valence-corrected chi connectivity index (χ1v) is 9.21. The van der Waals surface area contributed by atoms with Crippen LogP contribution in [0, 0.1) is 6.92 Å². The van der Waals surface area contributed by atoms with E-state index < -0.39 is 31.0 Å². The normalized spacial score (nSPS) is 12.9. The highest BCUT2D eigenvalue weighted by Gasteiger charge is 2.25. The number of carbonyl (C=O) groups excluding carboxylic acids is 3. The first-order chi connectivity index (χ1) is 12.9. The third-order valence-electron chi connectivity index (χ3n) is 3.98. The van der Waals surface area contributed by atoms with Crippen molar-refractivity contribution in [3.05, 3.63) is 27.8 Å². The number of aromatic nitrogens is 1. The number of fused-ring (bicyclic) bond motifs is 1. The Labute approximate surface area is 158 Å². The number of nitrogens with one attached hydrogen (secondary N) is 1. The van der Waals surface area contributed by atoms with Crippen molar-refractivity contribution < 1.29 is 28.4 Å². The molecule has 3 rings (SSSR count). The molecule has 3 N–H and O–H groups in total. The molecule has 144 valence electrons. The van der Waals surface area contributed by atoms with E-state index in [2.05, 4.69) is 10.5 Å². The van der Waals surface area contributed by atoms with Gasteiger partial charge in [0.15, 0.2) is 13.2 Å². The molecule has 1 aliphatic rings. The molecule has 0 aliphatic heterocycles. The number of nitrogens with two attached hydrogens (primary N) is 1. The molecule has 2 amide bonds. The molecule has 0 unspecified atom stereocenters. The highest BCUT2D eigenvalue weighted by molar-refractivity contribution is 7.17. The molecule has 2 aromatic rings. The van der Waals surface area contributed by atoms with E-state index in [1.165, 1.54) is 17.4 Å². The number of rotatable bonds is 7. The van der Waals surface area contributed by atoms with Crippen molar-refractivity contribution >= 4 is 34.1 Å². The lowest BCUT2D eigenvalue weighted by Crippen LogP contribution is -2.24. The monoisotopic (exact) mass is 393 g/mol. The van der Waals surface area contributed by atoms with Crippen LogP contribution in [-0.4, -0.2) is 36.2 Å². The van der Waals surface area contributed by atoms with Gasteiger partial charge in [0, 0.05) is 10.9 Å². The van der Waals surface area contributed by atoms with Crippen molar-refractivity contribution in [1.82, 2.24) is 5.16 Å². The number of aryl methyl sites for hydroxylation is 2. The van der Waals surface area contributed by atoms with Crippen LogP contribution in [0.3, 0.4) is 0 Å². The Balaban J connectivity index is 1.52. The van der Waals surface area contributed by atoms with E-state index in [9.17, 15) is 14.4 Å². The van der Waals surface area contributed by atoms with E-state index in [4.69, 9.17) is 19.7 Å². The van der Waals surface area contributed by atoms with E-state index in [0.717, 1.165) is 36.1 Å². The summed E-state index contributed by atoms with van der Waals surface area (Å²) >= 11 is 1.35. The molecule has 0 radical (unpaired) electrons. The van der Waals surface area contributed by atoms with Crippen LogP contribution in [0.4, 0.5) is 5.00 Å². The molecule has 27 heavy (non-hydrogen) atoms. The SMILES string of the molecule is Cc1cc(OCC(=O)OCC(=O)Nc2sc3c(c2C(N)=O)CCCC3)no1. The largest absolute Gasteiger partial charge is 0.463 e. The lowest BCUT2D eigenvalue weighted by Gasteiger charge is -2.11. The number of hydrogen-bond acceptors (Lipinski definition) is 8. The van der Waals surface area contributed by atoms with Gasteiger partial charge in [0.25, 0.3) is 17.7 Å². The van der Waals surface area contributed by atoms with Crippen molar-refractivity contribution in [3.63, 3.8) is 0 Å². The standard InChI is InChI=1S/C17H19N3O6S/c1-9-6-13(20-26-9)24-8-14(22)25-7-12(21)19-17-15(16(18)23)10-4-2-3-5-11(10)27-17/h6H,2-5,7-8H2,1H3,(H2,18,23)(H,19,21). The minimum Gasteiger partial charge on any atom is -0.463 e. The van der Waals surface area contributed by atoms with Gasteiger partial charge in [-0.1, -0.05) is 0 Å². The molecule has 0 saturated carbocycles. The first-order valence-electron chi connectivity index (χ1n) is 8.40. The lowest BCUT2D eigenvalue weighted by molar-refractivity contribution is -0.149. The summed E-state index contributed by atoms with van der Waals surface area (Å²) in [5, 5.41) is 6.59. The van der Waals surface area contributed by atoms with Gasteiger partial charge in [0.2, 0.25) is 0 Å². The predicted octanol–water partition coefficient (Wildman–Crippen LogP) is 1.58. The molecule has 9 nitrogen and oxygen atoms in total. The van der Waals surface area contributed by atoms with Crippen molar-refractivity contribution in [1.29, 1.82) is 0 Å². The van der Waals surface area contributed by atoms with Gasteiger partial charge in [-0.25, -0.2) is 4.79 Å². The lowest BCUT2D eigenvalue weighted by atomic mass is 9.95. The predicted molar refractivity (Wildman–Crippen MR) is 95.8 cm³/mol. The fourth-order valence-electron chi connectivity index (χ4n) is 2.81. The molecular weight excluding hydrogens is 374 g/mol. The number of nitrogens with zero attached hydrogens (tertiary/aromatic N) is 1. The number of primary amides is 1. The third kappa shape index (κ3) is 4.64. The van der Waals surface area contributed by atoms with Crippen LogP contribution in [0.15, 0.2) is 10.6 Å². The second-order valence-corrected chi connectivity index (χ2v) is 7.16. The summed E-state index contributed by atoms with van der Waals surface area (Å²) in [5.74, 6) is -1.16. The Bertz CT molecular complexity index is 872. The zero-order chi connectivity index (χ0) is 19.4. The van der Waals surface area contributed by atoms with Gasteiger partial charge in [0.1, 0.15) is 10.8 Å². The van der Waals surface area contributed by atoms with Crippen LogP contribution < -0.4 is 15.8 Å². The maximum Gasteiger partial charge on any atom is 0.344 e. The smallest absolute Gasteiger partial charge is 0.344 e. The van der Waals surface area contributed by atoms with Crippen molar-refractivity contribution in [3.8, 4) is 5.88 Å². The van der Waals surface area contributed by atoms with E-state index >= 15 is 0 Å². The summed E-state index contributed by atoms with van der Waals surface area (Å²) in [7, 11) is 0. The summed E-state index contributed by atoms with van der Waals surface area (Å²) in [4.78, 5) is 36.6. The number of amides is 2. The van der Waals surface area contributed by atoms with Gasteiger partial charge >= 0.3 is 5.97 Å². The van der Waals surface area contributed by atoms with Crippen LogP contribution >= 0.6 is 11.3 Å². The van der Waals surface area contributed by atoms with E-state index in [1.807, 2.05) is 0 Å². The Morgan fingerprint density at radius 3 is 2.78 bits per heavy atom. The first kappa shape index (κ1) is 18.9. The van der Waals surface area contributed by atoms with E-state index in [1.54, 1.807) is 6.92 Å². The summed E-state index contributed by atoms with van der Waals surface area (Å²) < 4.78 is 14.7. The van der Waals surface area contributed by atoms with Crippen LogP contribution in [-0.2, 0) is 27.2 Å². The summed E-state index contributed by atoms with van der Waals surface area (Å²) in [5.41, 5.74) is 6.76. The van der Waals surface area contributed by atoms with Gasteiger partial charge in [-0.2, -0.15) is 0 Å². The summed E-state index contributed by atoms with van der Waals surface area (Å²) in [6, 6.07) is 1.52. The molecule has 2 aromatic heterocycles. The number of anilines is 1. The topological polar surface area (TPSA) is 134 Å². The van der Waals surface area contributed by atoms with Crippen molar-refractivity contribution in [2.75, 3.05) is 18.5 Å². The number of esters is 1. The van der Waals surface area contributed by atoms with Gasteiger partial charge in [0.05, 0.1) is 5.56 Å². The molecule has 1 aliphatic carbocycles. The zero-order valence-electron chi connectivity index (χ0n) is 14.7. The summed E-state index contributed by atoms with van der Waals surface area (Å²) in [6.07, 6.45) is 3.67. The van der Waals surface area contributed by atoms with Crippen LogP contribution in [0.25, 0.3) is 0 Å². The Morgan fingerprint density at radius 2 is 2.07 bits per heavy atom. The Morgan fingerprint density at radius 1 is 1.30 bits per heavy atom. The van der Waals surface area contributed by atoms with E-state index in [0.29, 0.717) is 16.3 Å². The second-order valence-electron chi connectivity index (χ2n) is 6.05. The van der Waals surface area contributed by atoms with Crippen LogP contribution in [0.5, 0.6) is 5.88 Å². The molecule has 0 atom stereocenters. The van der Waals surface area contributed by atoms with Gasteiger partial charge in [-0.05, 0) is 43.3 Å². The number of thiophene rings is 1. The fourth-order valence-corrected chi connectivity index (χ4v) is 4.12. The molecule has 0 saturated heterocycles. The highest BCUT2D eigenvalue weighted by Crippen LogP contribution is 2.37. The molecule has 10 heteroatoms. The quantitative estimate of drug-likeness (QED) is 0.682. The van der Waals surface area contributed by atoms with Crippen molar-refractivity contribution in [2.24, 2.45) is 5.73 Å². The van der Waals surface area contributed by atoms with Crippen LogP contribution in [0.1, 0.15) is 39.4 Å². The van der Waals surface area contributed by atoms with Gasteiger partial charge in [-0.3, -0.25) is 9.59 Å². The molecule has 0 spiro atoms. The maximum atomic E-state index is 12.1.